The Morgan fingerprint density at radius 2 is 2.20 bits per heavy atom. The van der Waals surface area contributed by atoms with Gasteiger partial charge in [-0.15, -0.1) is 0 Å². The number of aromatic nitrogens is 4. The summed E-state index contributed by atoms with van der Waals surface area (Å²) >= 11 is 0. The average molecular weight is 409 g/mol. The Kier molecular flexibility index (Phi) is 6.38. The molecule has 2 aromatic heterocycles. The van der Waals surface area contributed by atoms with Gasteiger partial charge in [-0.05, 0) is 13.3 Å². The normalized spacial score (nSPS) is 16.3. The van der Waals surface area contributed by atoms with Gasteiger partial charge in [0.05, 0.1) is 13.1 Å². The van der Waals surface area contributed by atoms with Crippen molar-refractivity contribution in [2.75, 3.05) is 13.7 Å². The Labute approximate surface area is 175 Å². The van der Waals surface area contributed by atoms with Crippen LogP contribution in [0.3, 0.4) is 0 Å². The van der Waals surface area contributed by atoms with Gasteiger partial charge in [0.2, 0.25) is 0 Å². The minimum Gasteiger partial charge on any atom is -0.377 e. The fourth-order valence-corrected chi connectivity index (χ4v) is 3.47. The summed E-state index contributed by atoms with van der Waals surface area (Å²) in [4.78, 5) is 9.21. The summed E-state index contributed by atoms with van der Waals surface area (Å²) in [5, 5.41) is 15.5. The van der Waals surface area contributed by atoms with E-state index < -0.39 is 0 Å². The Morgan fingerprint density at radius 1 is 1.33 bits per heavy atom. The van der Waals surface area contributed by atoms with E-state index in [0.29, 0.717) is 13.2 Å². The van der Waals surface area contributed by atoms with Crippen molar-refractivity contribution >= 4 is 5.96 Å². The summed E-state index contributed by atoms with van der Waals surface area (Å²) in [5.41, 5.74) is 1.79. The van der Waals surface area contributed by atoms with E-state index in [4.69, 9.17) is 9.26 Å². The molecule has 4 rings (SSSR count). The molecule has 9 heteroatoms. The van der Waals surface area contributed by atoms with Gasteiger partial charge in [-0.25, -0.2) is 14.7 Å². The molecule has 0 bridgehead atoms. The van der Waals surface area contributed by atoms with Gasteiger partial charge in [0.25, 0.3) is 0 Å². The molecule has 0 spiro atoms. The molecule has 1 atom stereocenters. The van der Waals surface area contributed by atoms with Gasteiger partial charge in [-0.2, -0.15) is 5.10 Å². The van der Waals surface area contributed by atoms with Crippen molar-refractivity contribution in [3.05, 3.63) is 53.7 Å². The molecule has 0 saturated carbocycles. The lowest BCUT2D eigenvalue weighted by molar-refractivity contribution is 0.177. The van der Waals surface area contributed by atoms with Crippen LogP contribution in [0, 0.1) is 0 Å². The van der Waals surface area contributed by atoms with Crippen LogP contribution < -0.4 is 10.6 Å². The Balaban J connectivity index is 1.39. The topological polar surface area (TPSA) is 102 Å². The molecule has 9 nitrogen and oxygen atoms in total. The van der Waals surface area contributed by atoms with Crippen molar-refractivity contribution in [3.8, 4) is 11.3 Å². The largest absolute Gasteiger partial charge is 0.377 e. The number of nitrogens with one attached hydrogen (secondary N) is 2. The number of hydrogen-bond acceptors (Lipinski definition) is 6. The lowest BCUT2D eigenvalue weighted by atomic mass is 10.1. The first-order valence-electron chi connectivity index (χ1n) is 10.2. The lowest BCUT2D eigenvalue weighted by Crippen LogP contribution is -2.47. The van der Waals surface area contributed by atoms with E-state index in [9.17, 15) is 0 Å². The number of benzene rings is 1. The summed E-state index contributed by atoms with van der Waals surface area (Å²) in [5.74, 6) is 3.25. The van der Waals surface area contributed by atoms with Gasteiger partial charge in [0, 0.05) is 37.7 Å². The van der Waals surface area contributed by atoms with Gasteiger partial charge in [-0.3, -0.25) is 0 Å². The molecule has 1 unspecified atom stereocenters. The molecule has 30 heavy (non-hydrogen) atoms. The Morgan fingerprint density at radius 3 is 3.00 bits per heavy atom. The first kappa shape index (κ1) is 20.1. The number of fused-ring (bicyclic) bond motifs is 1. The molecule has 3 aromatic rings. The second-order valence-corrected chi connectivity index (χ2v) is 7.18. The minimum absolute atomic E-state index is 0.226. The third-order valence-corrected chi connectivity index (χ3v) is 4.88. The number of methoxy groups -OCH3 is 1. The van der Waals surface area contributed by atoms with Crippen LogP contribution in [0.1, 0.15) is 30.7 Å². The number of rotatable bonds is 7. The number of aliphatic imine (C=N–C) groups is 1. The number of aryl methyl sites for hydroxylation is 1. The maximum atomic E-state index is 5.47. The molecule has 3 heterocycles. The van der Waals surface area contributed by atoms with Crippen LogP contribution in [0.25, 0.3) is 11.3 Å². The van der Waals surface area contributed by atoms with Crippen LogP contribution in [0.5, 0.6) is 0 Å². The maximum absolute atomic E-state index is 5.47. The van der Waals surface area contributed by atoms with E-state index in [2.05, 4.69) is 30.9 Å². The molecule has 2 N–H and O–H groups in total. The number of guanidine groups is 1. The van der Waals surface area contributed by atoms with E-state index in [0.717, 1.165) is 60.6 Å². The molecule has 0 aliphatic carbocycles. The molecular formula is C21H27N7O2. The molecule has 0 amide bonds. The van der Waals surface area contributed by atoms with Gasteiger partial charge in [0.15, 0.2) is 17.5 Å². The SMILES string of the molecule is CCNC(=NCc1cc(-c2ccccc2)on1)NC1CCc2nc(COC)nn2C1. The first-order valence-corrected chi connectivity index (χ1v) is 10.2. The van der Waals surface area contributed by atoms with Crippen LogP contribution >= 0.6 is 0 Å². The predicted molar refractivity (Wildman–Crippen MR) is 113 cm³/mol. The quantitative estimate of drug-likeness (QED) is 0.455. The average Bonchev–Trinajstić information content (AvgIpc) is 3.39. The zero-order chi connectivity index (χ0) is 20.8. The third kappa shape index (κ3) is 4.85. The molecule has 1 aliphatic rings. The first-order chi connectivity index (χ1) is 14.7. The van der Waals surface area contributed by atoms with E-state index in [-0.39, 0.29) is 6.04 Å². The zero-order valence-corrected chi connectivity index (χ0v) is 17.3. The summed E-state index contributed by atoms with van der Waals surface area (Å²) in [6.45, 7) is 4.45. The number of ether oxygens (including phenoxy) is 1. The molecule has 1 aromatic carbocycles. The molecular weight excluding hydrogens is 382 g/mol. The smallest absolute Gasteiger partial charge is 0.191 e. The van der Waals surface area contributed by atoms with Crippen LogP contribution in [0.2, 0.25) is 0 Å². The molecule has 0 saturated heterocycles. The fraction of sp³-hybridized carbons (Fsp3) is 0.429. The highest BCUT2D eigenvalue weighted by Crippen LogP contribution is 2.20. The van der Waals surface area contributed by atoms with Gasteiger partial charge >= 0.3 is 0 Å². The standard InChI is InChI=1S/C21H27N7O2/c1-3-22-21(23-12-17-11-18(30-27-17)15-7-5-4-6-8-15)24-16-9-10-20-25-19(14-29-2)26-28(20)13-16/h4-8,11,16H,3,9-10,12-14H2,1-2H3,(H2,22,23,24). The monoisotopic (exact) mass is 409 g/mol. The molecule has 158 valence electrons. The van der Waals surface area contributed by atoms with Crippen molar-refractivity contribution < 1.29 is 9.26 Å². The second kappa shape index (κ2) is 9.53. The summed E-state index contributed by atoms with van der Waals surface area (Å²) in [6, 6.07) is 12.1. The highest BCUT2D eigenvalue weighted by molar-refractivity contribution is 5.80. The molecule has 0 fully saturated rings. The highest BCUT2D eigenvalue weighted by atomic mass is 16.5. The van der Waals surface area contributed by atoms with Crippen molar-refractivity contribution in [2.45, 2.75) is 45.5 Å². The van der Waals surface area contributed by atoms with Gasteiger partial charge in [-0.1, -0.05) is 35.5 Å². The minimum atomic E-state index is 0.226. The zero-order valence-electron chi connectivity index (χ0n) is 17.3. The van der Waals surface area contributed by atoms with E-state index in [1.807, 2.05) is 48.0 Å². The van der Waals surface area contributed by atoms with E-state index in [1.54, 1.807) is 7.11 Å². The number of nitrogens with zero attached hydrogens (tertiary/aromatic N) is 5. The molecule has 1 aliphatic heterocycles. The summed E-state index contributed by atoms with van der Waals surface area (Å²) in [7, 11) is 1.65. The van der Waals surface area contributed by atoms with Crippen LogP contribution in [0.4, 0.5) is 0 Å². The van der Waals surface area contributed by atoms with Crippen molar-refractivity contribution in [1.82, 2.24) is 30.6 Å². The molecule has 0 radical (unpaired) electrons. The van der Waals surface area contributed by atoms with Gasteiger partial charge in [0.1, 0.15) is 18.1 Å². The number of hydrogen-bond donors (Lipinski definition) is 2. The van der Waals surface area contributed by atoms with Crippen molar-refractivity contribution in [2.24, 2.45) is 4.99 Å². The van der Waals surface area contributed by atoms with Crippen LogP contribution in [0.15, 0.2) is 45.9 Å². The van der Waals surface area contributed by atoms with Gasteiger partial charge < -0.3 is 19.9 Å². The Hall–Kier alpha value is -3.20. The highest BCUT2D eigenvalue weighted by Gasteiger charge is 2.22. The third-order valence-electron chi connectivity index (χ3n) is 4.88. The van der Waals surface area contributed by atoms with Crippen LogP contribution in [-0.4, -0.2) is 45.6 Å². The van der Waals surface area contributed by atoms with E-state index in [1.165, 1.54) is 0 Å². The Bertz CT molecular complexity index is 980. The maximum Gasteiger partial charge on any atom is 0.191 e. The van der Waals surface area contributed by atoms with E-state index >= 15 is 0 Å². The summed E-state index contributed by atoms with van der Waals surface area (Å²) < 4.78 is 12.6. The fourth-order valence-electron chi connectivity index (χ4n) is 3.47. The second-order valence-electron chi connectivity index (χ2n) is 7.18. The summed E-state index contributed by atoms with van der Waals surface area (Å²) in [6.07, 6.45) is 1.84. The van der Waals surface area contributed by atoms with Crippen LogP contribution in [-0.2, 0) is 30.9 Å². The lowest BCUT2D eigenvalue weighted by Gasteiger charge is -2.25. The van der Waals surface area contributed by atoms with Crippen molar-refractivity contribution in [3.63, 3.8) is 0 Å². The predicted octanol–water partition coefficient (Wildman–Crippen LogP) is 2.15. The van der Waals surface area contributed by atoms with Crippen molar-refractivity contribution in [1.29, 1.82) is 0 Å².